The molecule has 0 unspecified atom stereocenters. The zero-order valence-electron chi connectivity index (χ0n) is 15.3. The highest BCUT2D eigenvalue weighted by Gasteiger charge is 2.33. The van der Waals surface area contributed by atoms with Crippen LogP contribution in [0, 0.1) is 0 Å². The quantitative estimate of drug-likeness (QED) is 0.649. The van der Waals surface area contributed by atoms with Crippen molar-refractivity contribution in [3.63, 3.8) is 0 Å². The number of rotatable bonds is 5. The molecule has 1 N–H and O–H groups in total. The minimum absolute atomic E-state index is 0.0582. The SMILES string of the molecule is CCOC(=O)C1=C(O)/C(=C\c2ccc(Cl)cc2)SC1=Nc1ccc(OC)cc1. The van der Waals surface area contributed by atoms with Crippen LogP contribution in [-0.2, 0) is 9.53 Å². The van der Waals surface area contributed by atoms with Crippen LogP contribution in [0.3, 0.4) is 0 Å². The summed E-state index contributed by atoms with van der Waals surface area (Å²) in [6.07, 6.45) is 1.77. The fraction of sp³-hybridized carbons (Fsp3) is 0.143. The predicted octanol–water partition coefficient (Wildman–Crippen LogP) is 5.54. The van der Waals surface area contributed by atoms with E-state index in [1.54, 1.807) is 56.5 Å². The van der Waals surface area contributed by atoms with E-state index in [4.69, 9.17) is 21.1 Å². The average molecular weight is 416 g/mol. The minimum Gasteiger partial charge on any atom is -0.506 e. The summed E-state index contributed by atoms with van der Waals surface area (Å²) in [5.74, 6) is -0.0553. The first-order chi connectivity index (χ1) is 13.5. The molecular formula is C21H18ClNO4S. The van der Waals surface area contributed by atoms with Gasteiger partial charge in [0.25, 0.3) is 0 Å². The molecule has 5 nitrogen and oxygen atoms in total. The summed E-state index contributed by atoms with van der Waals surface area (Å²) in [7, 11) is 1.58. The van der Waals surface area contributed by atoms with Crippen LogP contribution in [0.15, 0.2) is 69.8 Å². The molecular weight excluding hydrogens is 398 g/mol. The van der Waals surface area contributed by atoms with Gasteiger partial charge in [0, 0.05) is 5.02 Å². The highest BCUT2D eigenvalue weighted by Crippen LogP contribution is 2.40. The number of carbonyl (C=O) groups is 1. The summed E-state index contributed by atoms with van der Waals surface area (Å²) in [4.78, 5) is 17.4. The summed E-state index contributed by atoms with van der Waals surface area (Å²) in [6.45, 7) is 1.91. The summed E-state index contributed by atoms with van der Waals surface area (Å²) >= 11 is 7.12. The van der Waals surface area contributed by atoms with Crippen LogP contribution >= 0.6 is 23.4 Å². The summed E-state index contributed by atoms with van der Waals surface area (Å²) in [5.41, 5.74) is 1.53. The van der Waals surface area contributed by atoms with E-state index >= 15 is 0 Å². The number of aliphatic imine (C=N–C) groups is 1. The molecule has 28 heavy (non-hydrogen) atoms. The van der Waals surface area contributed by atoms with Gasteiger partial charge in [-0.3, -0.25) is 0 Å². The average Bonchev–Trinajstić information content (AvgIpc) is 2.99. The number of benzene rings is 2. The third kappa shape index (κ3) is 4.58. The van der Waals surface area contributed by atoms with Gasteiger partial charge in [-0.2, -0.15) is 0 Å². The molecule has 0 atom stereocenters. The van der Waals surface area contributed by atoms with Gasteiger partial charge >= 0.3 is 5.97 Å². The number of hydrogen-bond acceptors (Lipinski definition) is 6. The van der Waals surface area contributed by atoms with Crippen LogP contribution in [0.1, 0.15) is 12.5 Å². The van der Waals surface area contributed by atoms with Gasteiger partial charge in [-0.1, -0.05) is 35.5 Å². The van der Waals surface area contributed by atoms with E-state index in [0.717, 1.165) is 5.56 Å². The number of nitrogens with zero attached hydrogens (tertiary/aromatic N) is 1. The molecule has 144 valence electrons. The van der Waals surface area contributed by atoms with E-state index < -0.39 is 5.97 Å². The maximum Gasteiger partial charge on any atom is 0.344 e. The Morgan fingerprint density at radius 2 is 1.86 bits per heavy atom. The van der Waals surface area contributed by atoms with Gasteiger partial charge in [-0.25, -0.2) is 9.79 Å². The van der Waals surface area contributed by atoms with Gasteiger partial charge < -0.3 is 14.6 Å². The Labute approximate surface area is 172 Å². The largest absolute Gasteiger partial charge is 0.506 e. The van der Waals surface area contributed by atoms with E-state index in [1.165, 1.54) is 11.8 Å². The lowest BCUT2D eigenvalue weighted by molar-refractivity contribution is -0.138. The lowest BCUT2D eigenvalue weighted by Gasteiger charge is -2.04. The predicted molar refractivity (Wildman–Crippen MR) is 113 cm³/mol. The van der Waals surface area contributed by atoms with Gasteiger partial charge in [0.1, 0.15) is 22.1 Å². The molecule has 0 amide bonds. The number of esters is 1. The van der Waals surface area contributed by atoms with Crippen LogP contribution in [0.2, 0.25) is 5.02 Å². The van der Waals surface area contributed by atoms with Crippen molar-refractivity contribution in [2.75, 3.05) is 13.7 Å². The molecule has 0 saturated heterocycles. The number of halogens is 1. The first-order valence-corrected chi connectivity index (χ1v) is 9.70. The molecule has 0 bridgehead atoms. The van der Waals surface area contributed by atoms with Crippen molar-refractivity contribution < 1.29 is 19.4 Å². The van der Waals surface area contributed by atoms with Crippen molar-refractivity contribution >= 4 is 46.1 Å². The maximum absolute atomic E-state index is 12.4. The molecule has 1 heterocycles. The van der Waals surface area contributed by atoms with Crippen LogP contribution in [0.5, 0.6) is 5.75 Å². The lowest BCUT2D eigenvalue weighted by atomic mass is 10.1. The monoisotopic (exact) mass is 415 g/mol. The molecule has 7 heteroatoms. The molecule has 3 rings (SSSR count). The molecule has 1 aliphatic rings. The van der Waals surface area contributed by atoms with Crippen LogP contribution in [0.25, 0.3) is 6.08 Å². The van der Waals surface area contributed by atoms with Crippen molar-refractivity contribution in [3.8, 4) is 5.75 Å². The second-order valence-electron chi connectivity index (χ2n) is 5.72. The molecule has 0 fully saturated rings. The van der Waals surface area contributed by atoms with E-state index in [0.29, 0.717) is 26.4 Å². The summed E-state index contributed by atoms with van der Waals surface area (Å²) in [6, 6.07) is 14.3. The van der Waals surface area contributed by atoms with Crippen LogP contribution in [-0.4, -0.2) is 29.8 Å². The molecule has 0 spiro atoms. The van der Waals surface area contributed by atoms with E-state index in [1.807, 2.05) is 12.1 Å². The van der Waals surface area contributed by atoms with Crippen molar-refractivity contribution in [2.45, 2.75) is 6.92 Å². The Morgan fingerprint density at radius 3 is 2.46 bits per heavy atom. The van der Waals surface area contributed by atoms with Gasteiger partial charge in [-0.15, -0.1) is 0 Å². The minimum atomic E-state index is -0.612. The van der Waals surface area contributed by atoms with Gasteiger partial charge in [0.2, 0.25) is 0 Å². The molecule has 2 aromatic rings. The van der Waals surface area contributed by atoms with Gasteiger partial charge in [0.05, 0.1) is 24.3 Å². The number of hydrogen-bond donors (Lipinski definition) is 1. The third-order valence-electron chi connectivity index (χ3n) is 3.84. The van der Waals surface area contributed by atoms with Crippen molar-refractivity contribution in [1.29, 1.82) is 0 Å². The zero-order valence-corrected chi connectivity index (χ0v) is 16.9. The third-order valence-corrected chi connectivity index (χ3v) is 5.11. The summed E-state index contributed by atoms with van der Waals surface area (Å²) < 4.78 is 10.2. The van der Waals surface area contributed by atoms with Gasteiger partial charge in [-0.05, 0) is 55.0 Å². The molecule has 2 aromatic carbocycles. The number of methoxy groups -OCH3 is 1. The zero-order chi connectivity index (χ0) is 20.1. The first-order valence-electron chi connectivity index (χ1n) is 8.50. The normalized spacial score (nSPS) is 16.7. The Kier molecular flexibility index (Phi) is 6.44. The van der Waals surface area contributed by atoms with Gasteiger partial charge in [0.15, 0.2) is 0 Å². The number of aliphatic hydroxyl groups is 1. The molecule has 0 saturated carbocycles. The molecule has 0 aromatic heterocycles. The standard InChI is InChI=1S/C21H18ClNO4S/c1-3-27-21(25)18-19(24)17(12-13-4-6-14(22)7-5-13)28-20(18)23-15-8-10-16(26-2)11-9-15/h4-12,24H,3H2,1-2H3/b17-12+,23-20?. The summed E-state index contributed by atoms with van der Waals surface area (Å²) in [5, 5.41) is 11.7. The fourth-order valence-electron chi connectivity index (χ4n) is 2.48. The van der Waals surface area contributed by atoms with Crippen molar-refractivity contribution in [2.24, 2.45) is 4.99 Å². The second kappa shape index (κ2) is 8.99. The fourth-order valence-corrected chi connectivity index (χ4v) is 3.64. The Balaban J connectivity index is 2.00. The lowest BCUT2D eigenvalue weighted by Crippen LogP contribution is -2.12. The Bertz CT molecular complexity index is 963. The number of ether oxygens (including phenoxy) is 2. The highest BCUT2D eigenvalue weighted by molar-refractivity contribution is 8.18. The second-order valence-corrected chi connectivity index (χ2v) is 7.19. The Hall–Kier alpha value is -2.70. The molecule has 1 aliphatic heterocycles. The van der Waals surface area contributed by atoms with E-state index in [9.17, 15) is 9.90 Å². The van der Waals surface area contributed by atoms with Crippen molar-refractivity contribution in [1.82, 2.24) is 0 Å². The molecule has 0 radical (unpaired) electrons. The number of carbonyl (C=O) groups excluding carboxylic acids is 1. The first kappa shape index (κ1) is 20.0. The van der Waals surface area contributed by atoms with Crippen LogP contribution < -0.4 is 4.74 Å². The topological polar surface area (TPSA) is 68.1 Å². The number of aliphatic hydroxyl groups excluding tert-OH is 1. The Morgan fingerprint density at radius 1 is 1.18 bits per heavy atom. The smallest absolute Gasteiger partial charge is 0.344 e. The highest BCUT2D eigenvalue weighted by atomic mass is 35.5. The van der Waals surface area contributed by atoms with E-state index in [2.05, 4.69) is 4.99 Å². The number of thioether (sulfide) groups is 1. The molecule has 0 aliphatic carbocycles. The maximum atomic E-state index is 12.4. The van der Waals surface area contributed by atoms with Crippen molar-refractivity contribution in [3.05, 3.63) is 75.4 Å². The van der Waals surface area contributed by atoms with E-state index in [-0.39, 0.29) is 17.9 Å². The van der Waals surface area contributed by atoms with Crippen LogP contribution in [0.4, 0.5) is 5.69 Å².